The first kappa shape index (κ1) is 70.0. The van der Waals surface area contributed by atoms with Crippen LogP contribution >= 0.6 is 0 Å². The van der Waals surface area contributed by atoms with Gasteiger partial charge in [-0.15, -0.1) is 0 Å². The average molecular weight is 1310 g/mol. The zero-order valence-corrected chi connectivity index (χ0v) is 51.5. The second kappa shape index (κ2) is 33.6. The van der Waals surface area contributed by atoms with Crippen LogP contribution in [0.25, 0.3) is 11.1 Å². The number of halogens is 6. The second-order valence-corrected chi connectivity index (χ2v) is 22.5. The van der Waals surface area contributed by atoms with Crippen LogP contribution in [0.1, 0.15) is 66.1 Å². The van der Waals surface area contributed by atoms with Crippen LogP contribution < -0.4 is 35.5 Å². The molecule has 0 saturated carbocycles. The lowest BCUT2D eigenvalue weighted by Crippen LogP contribution is -2.54. The number of aliphatic hydroxyl groups is 1. The van der Waals surface area contributed by atoms with Crippen molar-refractivity contribution in [2.24, 2.45) is 0 Å². The molecule has 0 aromatic heterocycles. The van der Waals surface area contributed by atoms with Gasteiger partial charge in [0, 0.05) is 31.4 Å². The Balaban J connectivity index is 1.17. The van der Waals surface area contributed by atoms with Crippen molar-refractivity contribution in [3.05, 3.63) is 256 Å². The number of alkyl carbamates (subject to hydrolysis) is 3. The Kier molecular flexibility index (Phi) is 24.8. The Morgan fingerprint density at radius 2 is 0.884 bits per heavy atom. The number of nitrogens with one attached hydrogen (secondary N) is 4. The number of hydrogen-bond donors (Lipinski definition) is 5. The number of esters is 2. The van der Waals surface area contributed by atoms with Gasteiger partial charge in [-0.05, 0) is 89.5 Å². The lowest BCUT2D eigenvalue weighted by molar-refractivity contribution is -0.149. The number of amides is 4. The zero-order valence-electron chi connectivity index (χ0n) is 51.5. The molecule has 496 valence electrons. The fourth-order valence-electron chi connectivity index (χ4n) is 9.35. The minimum atomic E-state index is -2.53. The lowest BCUT2D eigenvalue weighted by atomic mass is 9.95. The largest absolute Gasteiger partial charge is 0.489 e. The maximum Gasteiger partial charge on any atom is 0.408 e. The van der Waals surface area contributed by atoms with Crippen LogP contribution in [0, 0.1) is 34.9 Å². The van der Waals surface area contributed by atoms with Crippen LogP contribution in [-0.4, -0.2) is 77.6 Å². The minimum Gasteiger partial charge on any atom is -0.489 e. The first-order chi connectivity index (χ1) is 45.6. The SMILES string of the molecule is CC(C)(C)OC(=O)N[C@@H](C[C@@H](O)CNC(=O)OCc1ccccc1)C(=O)N[C@@H](Cc1cc(-c2ccc(OCc3ccccc3)c(C[C@H](NC(=O)OCc3ccccc3)C(=O)Oc3c(F)c(F)c(F)c(F)c3F)c2)cc(F)c1OCc1ccccc1)C(=O)OCc1ccccc1. The molecule has 0 aliphatic rings. The molecule has 0 aliphatic heterocycles. The van der Waals surface area contributed by atoms with Gasteiger partial charge in [0.15, 0.2) is 11.6 Å². The fraction of sp³-hybridized carbons (Fsp3) is 0.239. The van der Waals surface area contributed by atoms with Crippen molar-refractivity contribution in [2.75, 3.05) is 6.54 Å². The summed E-state index contributed by atoms with van der Waals surface area (Å²) in [6, 6.07) is 43.9. The van der Waals surface area contributed by atoms with Crippen molar-refractivity contribution >= 4 is 36.1 Å². The Bertz CT molecular complexity index is 3900. The number of carbonyl (C=O) groups excluding carboxylic acids is 6. The van der Waals surface area contributed by atoms with Gasteiger partial charge in [-0.25, -0.2) is 41.5 Å². The van der Waals surface area contributed by atoms with Crippen molar-refractivity contribution < 1.29 is 93.4 Å². The maximum absolute atomic E-state index is 17.4. The molecule has 18 nitrogen and oxygen atoms in total. The molecule has 4 atom stereocenters. The van der Waals surface area contributed by atoms with Gasteiger partial charge in [-0.1, -0.05) is 158 Å². The van der Waals surface area contributed by atoms with E-state index in [0.717, 1.165) is 6.07 Å². The van der Waals surface area contributed by atoms with Crippen LogP contribution in [0.3, 0.4) is 0 Å². The molecule has 0 heterocycles. The van der Waals surface area contributed by atoms with E-state index >= 15 is 13.2 Å². The van der Waals surface area contributed by atoms with Crippen molar-refractivity contribution in [3.8, 4) is 28.4 Å². The number of aliphatic hydroxyl groups excluding tert-OH is 1. The molecule has 0 spiro atoms. The van der Waals surface area contributed by atoms with E-state index in [1.54, 1.807) is 172 Å². The molecule has 0 saturated heterocycles. The molecule has 8 rings (SSSR count). The number of benzene rings is 8. The number of hydrogen-bond acceptors (Lipinski definition) is 14. The number of ether oxygens (including phenoxy) is 7. The topological polar surface area (TPSA) is 235 Å². The molecule has 0 aliphatic carbocycles. The normalized spacial score (nSPS) is 12.4. The van der Waals surface area contributed by atoms with Crippen LogP contribution in [0.5, 0.6) is 17.2 Å². The summed E-state index contributed by atoms with van der Waals surface area (Å²) >= 11 is 0. The summed E-state index contributed by atoms with van der Waals surface area (Å²) in [6.07, 6.45) is -6.78. The molecule has 8 aromatic rings. The number of rotatable bonds is 28. The Labute approximate surface area is 542 Å². The third-order valence-corrected chi connectivity index (χ3v) is 14.0. The van der Waals surface area contributed by atoms with Gasteiger partial charge >= 0.3 is 30.2 Å². The molecule has 8 aromatic carbocycles. The van der Waals surface area contributed by atoms with E-state index in [9.17, 15) is 47.0 Å². The second-order valence-electron chi connectivity index (χ2n) is 22.5. The fourth-order valence-corrected chi connectivity index (χ4v) is 9.35. The zero-order chi connectivity index (χ0) is 68.0. The Morgan fingerprint density at radius 3 is 1.41 bits per heavy atom. The highest BCUT2D eigenvalue weighted by Gasteiger charge is 2.35. The molecule has 0 fully saturated rings. The molecule has 0 radical (unpaired) electrons. The van der Waals surface area contributed by atoms with Gasteiger partial charge in [0.2, 0.25) is 40.7 Å². The van der Waals surface area contributed by atoms with Crippen LogP contribution in [0.2, 0.25) is 0 Å². The third kappa shape index (κ3) is 21.1. The van der Waals surface area contributed by atoms with Crippen molar-refractivity contribution in [2.45, 2.75) is 103 Å². The van der Waals surface area contributed by atoms with E-state index in [4.69, 9.17) is 33.2 Å². The summed E-state index contributed by atoms with van der Waals surface area (Å²) in [5.41, 5.74) is 1.92. The van der Waals surface area contributed by atoms with E-state index in [1.165, 1.54) is 24.3 Å². The van der Waals surface area contributed by atoms with E-state index < -0.39 is 138 Å². The molecule has 5 N–H and O–H groups in total. The molecule has 0 unspecified atom stereocenters. The average Bonchev–Trinajstić information content (AvgIpc) is 0.809. The standard InChI is InChI=1S/C71H66F6N4O14/c1-71(2,3)95-70(88)80-54(36-52(82)37-78-68(86)92-41-46-25-15-7-16-26-46)65(83)79-55(66(84)91-40-45-23-13-6-14-24-45)35-51-32-49(33-53(72)63(51)90-39-44-21-11-5-12-22-44)48-29-30-57(89-38-43-19-9-4-10-20-43)50(31-48)34-56(81-69(87)93-42-47-27-17-8-18-28-47)67(85)94-64-61(76)59(74)58(73)60(75)62(64)77/h4-33,52,54-56,82H,34-42H2,1-3H3,(H,78,86)(H,79,83)(H,80,88)(H,81,87)/t52-,54+,55+,56+/m1/s1. The third-order valence-electron chi connectivity index (χ3n) is 14.0. The maximum atomic E-state index is 17.4. The smallest absolute Gasteiger partial charge is 0.408 e. The van der Waals surface area contributed by atoms with Crippen LogP contribution in [0.4, 0.5) is 40.7 Å². The summed E-state index contributed by atoms with van der Waals surface area (Å²) in [5.74, 6) is -19.7. The number of carbonyl (C=O) groups is 6. The quantitative estimate of drug-likeness (QED) is 0.00766. The molecule has 4 amide bonds. The van der Waals surface area contributed by atoms with E-state index in [2.05, 4.69) is 21.3 Å². The van der Waals surface area contributed by atoms with Gasteiger partial charge < -0.3 is 59.5 Å². The van der Waals surface area contributed by atoms with Crippen LogP contribution in [-0.2, 0) is 79.2 Å². The van der Waals surface area contributed by atoms with E-state index in [1.807, 2.05) is 0 Å². The predicted molar refractivity (Wildman–Crippen MR) is 333 cm³/mol. The van der Waals surface area contributed by atoms with Crippen molar-refractivity contribution in [3.63, 3.8) is 0 Å². The van der Waals surface area contributed by atoms with Gasteiger partial charge in [-0.3, -0.25) is 4.79 Å². The first-order valence-corrected chi connectivity index (χ1v) is 29.7. The molecular weight excluding hydrogens is 1250 g/mol. The van der Waals surface area contributed by atoms with Crippen molar-refractivity contribution in [1.82, 2.24) is 21.3 Å². The minimum absolute atomic E-state index is 0.00280. The van der Waals surface area contributed by atoms with Gasteiger partial charge in [0.25, 0.3) is 0 Å². The summed E-state index contributed by atoms with van der Waals surface area (Å²) in [7, 11) is 0. The Morgan fingerprint density at radius 1 is 0.442 bits per heavy atom. The Hall–Kier alpha value is -10.9. The van der Waals surface area contributed by atoms with Crippen molar-refractivity contribution in [1.29, 1.82) is 0 Å². The molecule has 0 bridgehead atoms. The monoisotopic (exact) mass is 1310 g/mol. The highest BCUT2D eigenvalue weighted by Crippen LogP contribution is 2.36. The lowest BCUT2D eigenvalue weighted by Gasteiger charge is -2.26. The van der Waals surface area contributed by atoms with E-state index in [-0.39, 0.29) is 61.0 Å². The molecule has 95 heavy (non-hydrogen) atoms. The summed E-state index contributed by atoms with van der Waals surface area (Å²) in [4.78, 5) is 83.1. The molecular formula is C71H66F6N4O14. The molecule has 24 heteroatoms. The first-order valence-electron chi connectivity index (χ1n) is 29.7. The summed E-state index contributed by atoms with van der Waals surface area (Å²) in [6.45, 7) is 3.09. The predicted octanol–water partition coefficient (Wildman–Crippen LogP) is 12.1. The van der Waals surface area contributed by atoms with Gasteiger partial charge in [0.1, 0.15) is 62.5 Å². The van der Waals surface area contributed by atoms with Crippen LogP contribution in [0.15, 0.2) is 182 Å². The summed E-state index contributed by atoms with van der Waals surface area (Å²) < 4.78 is 130. The highest BCUT2D eigenvalue weighted by atomic mass is 19.2. The van der Waals surface area contributed by atoms with Gasteiger partial charge in [-0.2, -0.15) is 8.78 Å². The highest BCUT2D eigenvalue weighted by molar-refractivity contribution is 5.90. The van der Waals surface area contributed by atoms with Gasteiger partial charge in [0.05, 0.1) is 6.10 Å². The van der Waals surface area contributed by atoms with E-state index in [0.29, 0.717) is 27.8 Å². The summed E-state index contributed by atoms with van der Waals surface area (Å²) in [5, 5.41) is 21.0.